The maximum Gasteiger partial charge on any atom is 0.211 e. The van der Waals surface area contributed by atoms with Crippen LogP contribution in [-0.4, -0.2) is 14.8 Å². The summed E-state index contributed by atoms with van der Waals surface area (Å²) in [6.07, 6.45) is 0. The average molecular weight is 384 g/mol. The number of nitrogens with zero attached hydrogens (tertiary/aromatic N) is 3. The highest BCUT2D eigenvalue weighted by atomic mass is 79.9. The second kappa shape index (κ2) is 5.58. The van der Waals surface area contributed by atoms with Gasteiger partial charge >= 0.3 is 0 Å². The van der Waals surface area contributed by atoms with E-state index in [4.69, 9.17) is 4.98 Å². The molecule has 0 aliphatic carbocycles. The van der Waals surface area contributed by atoms with E-state index >= 15 is 0 Å². The molecular weight excluding hydrogens is 370 g/mol. The van der Waals surface area contributed by atoms with Gasteiger partial charge in [0, 0.05) is 10.2 Å². The fourth-order valence-electron chi connectivity index (χ4n) is 2.69. The van der Waals surface area contributed by atoms with Gasteiger partial charge in [-0.15, -0.1) is 0 Å². The lowest BCUT2D eigenvalue weighted by Crippen LogP contribution is -1.97. The number of halogens is 1. The van der Waals surface area contributed by atoms with Gasteiger partial charge in [0.25, 0.3) is 0 Å². The van der Waals surface area contributed by atoms with E-state index in [9.17, 15) is 0 Å². The molecule has 114 valence electrons. The third kappa shape index (κ3) is 2.60. The lowest BCUT2D eigenvalue weighted by molar-refractivity contribution is 0.827. The Morgan fingerprint density at radius 2 is 1.78 bits per heavy atom. The minimum absolute atomic E-state index is 0.900. The first-order chi connectivity index (χ1) is 11.1. The van der Waals surface area contributed by atoms with Crippen LogP contribution in [0.3, 0.4) is 0 Å². The summed E-state index contributed by atoms with van der Waals surface area (Å²) in [4.78, 5) is 4.76. The first kappa shape index (κ1) is 14.6. The lowest BCUT2D eigenvalue weighted by atomic mass is 10.1. The zero-order valence-corrected chi connectivity index (χ0v) is 15.1. The van der Waals surface area contributed by atoms with E-state index in [1.165, 1.54) is 11.1 Å². The predicted octanol–water partition coefficient (Wildman–Crippen LogP) is 5.53. The maximum atomic E-state index is 4.76. The minimum atomic E-state index is 0.900. The summed E-state index contributed by atoms with van der Waals surface area (Å²) in [5.74, 6) is 0. The molecule has 0 atom stereocenters. The molecule has 5 heteroatoms. The number of benzene rings is 2. The zero-order chi connectivity index (χ0) is 16.0. The van der Waals surface area contributed by atoms with Gasteiger partial charge in [-0.2, -0.15) is 5.10 Å². The van der Waals surface area contributed by atoms with Crippen molar-refractivity contribution in [3.05, 3.63) is 64.4 Å². The van der Waals surface area contributed by atoms with Crippen molar-refractivity contribution in [3.8, 4) is 16.3 Å². The maximum absolute atomic E-state index is 4.76. The van der Waals surface area contributed by atoms with Gasteiger partial charge in [-0.25, -0.2) is 9.67 Å². The molecule has 0 bridgehead atoms. The number of aryl methyl sites for hydroxylation is 2. The summed E-state index contributed by atoms with van der Waals surface area (Å²) >= 11 is 5.33. The molecule has 4 aromatic rings. The second-order valence-corrected chi connectivity index (χ2v) is 7.37. The van der Waals surface area contributed by atoms with Crippen LogP contribution in [0.15, 0.2) is 53.0 Å². The molecular formula is C18H14BrN3S. The van der Waals surface area contributed by atoms with Crippen molar-refractivity contribution in [1.29, 1.82) is 0 Å². The van der Waals surface area contributed by atoms with Crippen molar-refractivity contribution in [3.63, 3.8) is 0 Å². The molecule has 0 saturated carbocycles. The first-order valence-electron chi connectivity index (χ1n) is 7.31. The molecule has 2 heterocycles. The Kier molecular flexibility index (Phi) is 3.54. The lowest BCUT2D eigenvalue weighted by Gasteiger charge is -2.02. The van der Waals surface area contributed by atoms with Gasteiger partial charge in [0.15, 0.2) is 0 Å². The summed E-state index contributed by atoms with van der Waals surface area (Å²) in [5.41, 5.74) is 5.48. The van der Waals surface area contributed by atoms with Gasteiger partial charge < -0.3 is 0 Å². The van der Waals surface area contributed by atoms with Crippen LogP contribution in [0.4, 0.5) is 0 Å². The Balaban J connectivity index is 1.89. The Labute approximate surface area is 146 Å². The van der Waals surface area contributed by atoms with Crippen molar-refractivity contribution >= 4 is 37.5 Å². The van der Waals surface area contributed by atoms with Crippen molar-refractivity contribution in [2.45, 2.75) is 13.8 Å². The molecule has 4 rings (SSSR count). The number of fused-ring (bicyclic) bond motifs is 1. The number of hydrogen-bond donors (Lipinski definition) is 0. The van der Waals surface area contributed by atoms with Gasteiger partial charge in [0.05, 0.1) is 15.9 Å². The van der Waals surface area contributed by atoms with Crippen molar-refractivity contribution in [2.24, 2.45) is 0 Å². The highest BCUT2D eigenvalue weighted by Gasteiger charge is 2.13. The highest BCUT2D eigenvalue weighted by molar-refractivity contribution is 9.10. The van der Waals surface area contributed by atoms with Crippen LogP contribution in [-0.2, 0) is 0 Å². The quantitative estimate of drug-likeness (QED) is 0.455. The Bertz CT molecular complexity index is 1000. The second-order valence-electron chi connectivity index (χ2n) is 5.51. The summed E-state index contributed by atoms with van der Waals surface area (Å²) in [5, 5.41) is 5.43. The summed E-state index contributed by atoms with van der Waals surface area (Å²) < 4.78 is 4.08. The fourth-order valence-corrected chi connectivity index (χ4v) is 4.41. The van der Waals surface area contributed by atoms with E-state index in [0.717, 1.165) is 31.2 Å². The third-order valence-corrected chi connectivity index (χ3v) is 5.32. The van der Waals surface area contributed by atoms with E-state index in [2.05, 4.69) is 70.4 Å². The zero-order valence-electron chi connectivity index (χ0n) is 12.7. The van der Waals surface area contributed by atoms with Crippen molar-refractivity contribution < 1.29 is 0 Å². The molecule has 0 fully saturated rings. The molecule has 2 aromatic heterocycles. The largest absolute Gasteiger partial charge is 0.217 e. The molecule has 0 unspecified atom stereocenters. The molecule has 0 saturated heterocycles. The smallest absolute Gasteiger partial charge is 0.211 e. The van der Waals surface area contributed by atoms with E-state index in [-0.39, 0.29) is 0 Å². The summed E-state index contributed by atoms with van der Waals surface area (Å²) in [6, 6.07) is 16.8. The number of aromatic nitrogens is 3. The minimum Gasteiger partial charge on any atom is -0.217 e. The SMILES string of the molecule is Cc1cc(C)n(-c2nc3c(Br)cc(-c4ccccc4)cc3s2)n1. The predicted molar refractivity (Wildman–Crippen MR) is 99.4 cm³/mol. The molecule has 0 amide bonds. The fraction of sp³-hybridized carbons (Fsp3) is 0.111. The molecule has 0 radical (unpaired) electrons. The molecule has 3 nitrogen and oxygen atoms in total. The van der Waals surface area contributed by atoms with Crippen LogP contribution in [0, 0.1) is 13.8 Å². The van der Waals surface area contributed by atoms with E-state index < -0.39 is 0 Å². The van der Waals surface area contributed by atoms with Crippen molar-refractivity contribution in [2.75, 3.05) is 0 Å². The number of rotatable bonds is 2. The van der Waals surface area contributed by atoms with E-state index in [1.54, 1.807) is 11.3 Å². The van der Waals surface area contributed by atoms with Gasteiger partial charge in [-0.3, -0.25) is 0 Å². The van der Waals surface area contributed by atoms with Gasteiger partial charge in [-0.05, 0) is 59.1 Å². The molecule has 2 aromatic carbocycles. The normalized spacial score (nSPS) is 11.3. The van der Waals surface area contributed by atoms with Crippen LogP contribution in [0.1, 0.15) is 11.4 Å². The Morgan fingerprint density at radius 3 is 2.48 bits per heavy atom. The van der Waals surface area contributed by atoms with Gasteiger partial charge in [0.1, 0.15) is 0 Å². The van der Waals surface area contributed by atoms with E-state index in [0.29, 0.717) is 0 Å². The molecule has 0 aliphatic heterocycles. The molecule has 0 spiro atoms. The molecule has 0 aliphatic rings. The average Bonchev–Trinajstić information content (AvgIpc) is 3.11. The Morgan fingerprint density at radius 1 is 1.00 bits per heavy atom. The molecule has 0 N–H and O–H groups in total. The van der Waals surface area contributed by atoms with Crippen molar-refractivity contribution in [1.82, 2.24) is 14.8 Å². The summed E-state index contributed by atoms with van der Waals surface area (Å²) in [6.45, 7) is 4.05. The van der Waals surface area contributed by atoms with Crippen LogP contribution >= 0.6 is 27.3 Å². The third-order valence-electron chi connectivity index (χ3n) is 3.74. The van der Waals surface area contributed by atoms with Crippen LogP contribution < -0.4 is 0 Å². The van der Waals surface area contributed by atoms with Gasteiger partial charge in [-0.1, -0.05) is 41.7 Å². The standard InChI is InChI=1S/C18H14BrN3S/c1-11-8-12(2)22(21-11)18-20-17-15(19)9-14(10-16(17)23-18)13-6-4-3-5-7-13/h3-10H,1-2H3. The van der Waals surface area contributed by atoms with E-state index in [1.807, 2.05) is 17.7 Å². The summed E-state index contributed by atoms with van der Waals surface area (Å²) in [7, 11) is 0. The number of thiazole rings is 1. The monoisotopic (exact) mass is 383 g/mol. The topological polar surface area (TPSA) is 30.7 Å². The Hall–Kier alpha value is -1.98. The first-order valence-corrected chi connectivity index (χ1v) is 8.92. The number of hydrogen-bond acceptors (Lipinski definition) is 3. The van der Waals surface area contributed by atoms with Crippen LogP contribution in [0.5, 0.6) is 0 Å². The molecule has 23 heavy (non-hydrogen) atoms. The highest BCUT2D eigenvalue weighted by Crippen LogP contribution is 2.35. The van der Waals surface area contributed by atoms with Crippen LogP contribution in [0.25, 0.3) is 26.5 Å². The van der Waals surface area contributed by atoms with Crippen LogP contribution in [0.2, 0.25) is 0 Å². The van der Waals surface area contributed by atoms with Gasteiger partial charge in [0.2, 0.25) is 5.13 Å².